The predicted octanol–water partition coefficient (Wildman–Crippen LogP) is 3.03. The van der Waals surface area contributed by atoms with Crippen molar-refractivity contribution in [3.05, 3.63) is 58.7 Å². The number of nitrogens with zero attached hydrogens (tertiary/aromatic N) is 1. The van der Waals surface area contributed by atoms with Gasteiger partial charge < -0.3 is 14.4 Å². The Bertz CT molecular complexity index is 874. The molecule has 0 radical (unpaired) electrons. The van der Waals surface area contributed by atoms with Crippen LogP contribution in [0.2, 0.25) is 0 Å². The molecule has 2 aromatic carbocycles. The van der Waals surface area contributed by atoms with Crippen LogP contribution >= 0.6 is 0 Å². The lowest BCUT2D eigenvalue weighted by molar-refractivity contribution is 0.0698. The molecule has 0 bridgehead atoms. The molecule has 0 aliphatic carbocycles. The van der Waals surface area contributed by atoms with E-state index in [-0.39, 0.29) is 24.2 Å². The van der Waals surface area contributed by atoms with Crippen LogP contribution in [0.25, 0.3) is 0 Å². The van der Waals surface area contributed by atoms with Crippen LogP contribution in [0, 0.1) is 0 Å². The van der Waals surface area contributed by atoms with Crippen molar-refractivity contribution >= 4 is 11.7 Å². The number of benzene rings is 2. The van der Waals surface area contributed by atoms with Gasteiger partial charge in [0, 0.05) is 24.1 Å². The largest absolute Gasteiger partial charge is 0.493 e. The molecule has 0 saturated carbocycles. The maximum absolute atomic E-state index is 13.0. The third-order valence-corrected chi connectivity index (χ3v) is 5.10. The first-order chi connectivity index (χ1) is 12.1. The van der Waals surface area contributed by atoms with Gasteiger partial charge in [0.15, 0.2) is 17.3 Å². The van der Waals surface area contributed by atoms with Crippen LogP contribution in [-0.2, 0) is 6.42 Å². The van der Waals surface area contributed by atoms with E-state index in [0.717, 1.165) is 11.1 Å². The molecular formula is C20H19NO4. The van der Waals surface area contributed by atoms with Crippen LogP contribution in [-0.4, -0.2) is 37.4 Å². The van der Waals surface area contributed by atoms with Gasteiger partial charge in [0.05, 0.1) is 20.3 Å². The Balaban J connectivity index is 1.78. The number of rotatable bonds is 2. The standard InChI is InChI=1S/C20H19NO4/c1-24-18-9-12-7-8-21-16(11-17(22)15(12)10-19(18)25-2)13-5-3-4-6-14(13)20(21)23/h3-6,9-10,16H,7-8,11H2,1-2H3. The molecule has 0 aromatic heterocycles. The van der Waals surface area contributed by atoms with Gasteiger partial charge in [-0.3, -0.25) is 9.59 Å². The second kappa shape index (κ2) is 5.92. The van der Waals surface area contributed by atoms with Gasteiger partial charge in [0.2, 0.25) is 0 Å². The van der Waals surface area contributed by atoms with Crippen molar-refractivity contribution in [3.8, 4) is 11.5 Å². The first kappa shape index (κ1) is 15.7. The Hall–Kier alpha value is -2.82. The molecular weight excluding hydrogens is 318 g/mol. The first-order valence-corrected chi connectivity index (χ1v) is 8.32. The third kappa shape index (κ3) is 2.38. The van der Waals surface area contributed by atoms with Crippen LogP contribution in [0.3, 0.4) is 0 Å². The molecule has 1 unspecified atom stereocenters. The van der Waals surface area contributed by atoms with Crippen LogP contribution in [0.4, 0.5) is 0 Å². The molecule has 2 aromatic rings. The number of methoxy groups -OCH3 is 2. The SMILES string of the molecule is COc1cc2c(cc1OC)C(=O)CC1c3ccccc3C(=O)N1CC2. The Morgan fingerprint density at radius 3 is 2.48 bits per heavy atom. The van der Waals surface area contributed by atoms with Gasteiger partial charge in [-0.15, -0.1) is 0 Å². The van der Waals surface area contributed by atoms with E-state index < -0.39 is 0 Å². The Labute approximate surface area is 146 Å². The number of fused-ring (bicyclic) bond motifs is 4. The summed E-state index contributed by atoms with van der Waals surface area (Å²) in [5.41, 5.74) is 3.21. The number of carbonyl (C=O) groups excluding carboxylic acids is 2. The van der Waals surface area contributed by atoms with E-state index in [9.17, 15) is 9.59 Å². The van der Waals surface area contributed by atoms with Gasteiger partial charge in [0.1, 0.15) is 0 Å². The average molecular weight is 337 g/mol. The van der Waals surface area contributed by atoms with Gasteiger partial charge in [-0.1, -0.05) is 18.2 Å². The van der Waals surface area contributed by atoms with Crippen LogP contribution in [0.5, 0.6) is 11.5 Å². The molecule has 0 N–H and O–H groups in total. The van der Waals surface area contributed by atoms with Crippen molar-refractivity contribution in [2.45, 2.75) is 18.9 Å². The van der Waals surface area contributed by atoms with E-state index in [1.165, 1.54) is 0 Å². The zero-order chi connectivity index (χ0) is 17.6. The van der Waals surface area contributed by atoms with E-state index >= 15 is 0 Å². The molecule has 5 heteroatoms. The van der Waals surface area contributed by atoms with Gasteiger partial charge >= 0.3 is 0 Å². The van der Waals surface area contributed by atoms with Gasteiger partial charge in [-0.2, -0.15) is 0 Å². The zero-order valence-electron chi connectivity index (χ0n) is 14.2. The monoisotopic (exact) mass is 337 g/mol. The molecule has 0 spiro atoms. The number of amides is 1. The lowest BCUT2D eigenvalue weighted by Crippen LogP contribution is -2.33. The van der Waals surface area contributed by atoms with E-state index in [1.807, 2.05) is 35.2 Å². The number of carbonyl (C=O) groups is 2. The third-order valence-electron chi connectivity index (χ3n) is 5.10. The lowest BCUT2D eigenvalue weighted by atomic mass is 9.91. The minimum Gasteiger partial charge on any atom is -0.493 e. The maximum Gasteiger partial charge on any atom is 0.254 e. The summed E-state index contributed by atoms with van der Waals surface area (Å²) in [5, 5.41) is 0. The fourth-order valence-electron chi connectivity index (χ4n) is 3.84. The topological polar surface area (TPSA) is 55.8 Å². The smallest absolute Gasteiger partial charge is 0.254 e. The van der Waals surface area contributed by atoms with Crippen molar-refractivity contribution in [2.24, 2.45) is 0 Å². The minimum absolute atomic E-state index is 0.0114. The summed E-state index contributed by atoms with van der Waals surface area (Å²) in [7, 11) is 3.14. The Kier molecular flexibility index (Phi) is 3.71. The number of hydrogen-bond acceptors (Lipinski definition) is 4. The van der Waals surface area contributed by atoms with Crippen molar-refractivity contribution in [1.29, 1.82) is 0 Å². The normalized spacial score (nSPS) is 18.8. The summed E-state index contributed by atoms with van der Waals surface area (Å²) < 4.78 is 10.7. The van der Waals surface area contributed by atoms with Gasteiger partial charge in [0.25, 0.3) is 5.91 Å². The highest BCUT2D eigenvalue weighted by Gasteiger charge is 2.39. The van der Waals surface area contributed by atoms with E-state index in [2.05, 4.69) is 0 Å². The summed E-state index contributed by atoms with van der Waals surface area (Å²) in [5.74, 6) is 1.18. The number of ketones is 1. The second-order valence-corrected chi connectivity index (χ2v) is 6.34. The zero-order valence-corrected chi connectivity index (χ0v) is 14.2. The van der Waals surface area contributed by atoms with Gasteiger partial charge in [-0.05, 0) is 35.7 Å². The summed E-state index contributed by atoms with van der Waals surface area (Å²) in [6.07, 6.45) is 0.892. The van der Waals surface area contributed by atoms with Crippen molar-refractivity contribution < 1.29 is 19.1 Å². The molecule has 2 aliphatic heterocycles. The molecule has 1 atom stereocenters. The Morgan fingerprint density at radius 2 is 1.72 bits per heavy atom. The van der Waals surface area contributed by atoms with Crippen molar-refractivity contribution in [2.75, 3.05) is 20.8 Å². The molecule has 2 heterocycles. The molecule has 5 nitrogen and oxygen atoms in total. The summed E-state index contributed by atoms with van der Waals surface area (Å²) in [6, 6.07) is 11.0. The highest BCUT2D eigenvalue weighted by atomic mass is 16.5. The van der Waals surface area contributed by atoms with Crippen molar-refractivity contribution in [3.63, 3.8) is 0 Å². The summed E-state index contributed by atoms with van der Waals surface area (Å²) in [6.45, 7) is 0.577. The summed E-state index contributed by atoms with van der Waals surface area (Å²) >= 11 is 0. The van der Waals surface area contributed by atoms with E-state index in [4.69, 9.17) is 9.47 Å². The van der Waals surface area contributed by atoms with Gasteiger partial charge in [-0.25, -0.2) is 0 Å². The summed E-state index contributed by atoms with van der Waals surface area (Å²) in [4.78, 5) is 27.5. The van der Waals surface area contributed by atoms with E-state index in [0.29, 0.717) is 35.6 Å². The molecule has 4 rings (SSSR count). The molecule has 128 valence electrons. The van der Waals surface area contributed by atoms with E-state index in [1.54, 1.807) is 20.3 Å². The molecule has 0 saturated heterocycles. The number of ether oxygens (including phenoxy) is 2. The second-order valence-electron chi connectivity index (χ2n) is 6.34. The highest BCUT2D eigenvalue weighted by molar-refractivity contribution is 6.03. The quantitative estimate of drug-likeness (QED) is 0.845. The molecule has 0 fully saturated rings. The minimum atomic E-state index is -0.183. The number of hydrogen-bond donors (Lipinski definition) is 0. The molecule has 25 heavy (non-hydrogen) atoms. The maximum atomic E-state index is 13.0. The number of Topliss-reactive ketones (excluding diaryl/α,β-unsaturated/α-hetero) is 1. The van der Waals surface area contributed by atoms with Crippen LogP contribution < -0.4 is 9.47 Å². The Morgan fingerprint density at radius 1 is 1.00 bits per heavy atom. The average Bonchev–Trinajstić information content (AvgIpc) is 2.89. The fourth-order valence-corrected chi connectivity index (χ4v) is 3.84. The van der Waals surface area contributed by atoms with Crippen LogP contribution in [0.1, 0.15) is 44.3 Å². The fraction of sp³-hybridized carbons (Fsp3) is 0.300. The molecule has 2 aliphatic rings. The van der Waals surface area contributed by atoms with Crippen molar-refractivity contribution in [1.82, 2.24) is 4.90 Å². The van der Waals surface area contributed by atoms with Crippen LogP contribution in [0.15, 0.2) is 36.4 Å². The first-order valence-electron chi connectivity index (χ1n) is 8.32. The highest BCUT2D eigenvalue weighted by Crippen LogP contribution is 2.40. The molecule has 1 amide bonds. The lowest BCUT2D eigenvalue weighted by Gasteiger charge is -2.28. The predicted molar refractivity (Wildman–Crippen MR) is 92.4 cm³/mol.